The van der Waals surface area contributed by atoms with Crippen molar-refractivity contribution in [1.29, 1.82) is 0 Å². The second-order valence-corrected chi connectivity index (χ2v) is 6.43. The minimum atomic E-state index is 0.612. The van der Waals surface area contributed by atoms with Crippen molar-refractivity contribution in [3.63, 3.8) is 0 Å². The van der Waals surface area contributed by atoms with E-state index in [1.54, 1.807) is 0 Å². The highest BCUT2D eigenvalue weighted by Crippen LogP contribution is 2.39. The molecule has 0 fully saturated rings. The molecule has 0 aliphatic heterocycles. The second-order valence-electron chi connectivity index (χ2n) is 5.54. The van der Waals surface area contributed by atoms with Gasteiger partial charge in [-0.1, -0.05) is 54.6 Å². The third-order valence-corrected chi connectivity index (χ3v) is 5.00. The molecule has 0 aliphatic carbocycles. The maximum absolute atomic E-state index is 5.81. The van der Waals surface area contributed by atoms with E-state index in [1.807, 2.05) is 5.38 Å². The highest BCUT2D eigenvalue weighted by Gasteiger charge is 2.12. The molecule has 0 aliphatic rings. The van der Waals surface area contributed by atoms with Gasteiger partial charge < -0.3 is 5.73 Å². The van der Waals surface area contributed by atoms with Gasteiger partial charge in [-0.2, -0.15) is 0 Å². The number of nitrogen functional groups attached to an aromatic ring is 1. The fourth-order valence-corrected chi connectivity index (χ4v) is 3.93. The predicted octanol–water partition coefficient (Wildman–Crippen LogP) is 5.29. The van der Waals surface area contributed by atoms with E-state index in [4.69, 9.17) is 5.73 Å². The zero-order valence-electron chi connectivity index (χ0n) is 11.7. The Labute approximate surface area is 131 Å². The molecule has 1 aromatic heterocycles. The van der Waals surface area contributed by atoms with Crippen LogP contribution in [0.5, 0.6) is 0 Å². The molecule has 0 radical (unpaired) electrons. The molecule has 5 aromatic rings. The lowest BCUT2D eigenvalue weighted by Gasteiger charge is -2.12. The van der Waals surface area contributed by atoms with Gasteiger partial charge in [0.2, 0.25) is 0 Å². The zero-order valence-corrected chi connectivity index (χ0v) is 12.5. The molecular weight excluding hydrogens is 288 g/mol. The first kappa shape index (κ1) is 12.0. The van der Waals surface area contributed by atoms with E-state index in [1.165, 1.54) is 43.7 Å². The number of thiazole rings is 1. The van der Waals surface area contributed by atoms with Crippen LogP contribution >= 0.6 is 11.3 Å². The van der Waals surface area contributed by atoms with Crippen LogP contribution in [0.1, 0.15) is 0 Å². The second kappa shape index (κ2) is 4.18. The maximum atomic E-state index is 5.81. The normalized spacial score (nSPS) is 11.8. The average molecular weight is 300 g/mol. The largest absolute Gasteiger partial charge is 0.375 e. The van der Waals surface area contributed by atoms with Gasteiger partial charge in [-0.05, 0) is 32.3 Å². The number of aromatic nitrogens is 1. The predicted molar refractivity (Wildman–Crippen MR) is 95.7 cm³/mol. The summed E-state index contributed by atoms with van der Waals surface area (Å²) < 4.78 is 0. The van der Waals surface area contributed by atoms with Crippen molar-refractivity contribution < 1.29 is 0 Å². The Morgan fingerprint density at radius 3 is 2.18 bits per heavy atom. The summed E-state index contributed by atoms with van der Waals surface area (Å²) in [5.74, 6) is 0. The molecule has 5 rings (SSSR count). The Kier molecular flexibility index (Phi) is 2.27. The number of nitrogens with two attached hydrogens (primary N) is 1. The third-order valence-electron chi connectivity index (χ3n) is 4.33. The number of benzene rings is 4. The summed E-state index contributed by atoms with van der Waals surface area (Å²) in [4.78, 5) is 4.46. The lowest BCUT2D eigenvalue weighted by atomic mass is 9.91. The minimum absolute atomic E-state index is 0.612. The Hall–Kier alpha value is -2.65. The van der Waals surface area contributed by atoms with Crippen LogP contribution in [0.2, 0.25) is 0 Å². The van der Waals surface area contributed by atoms with Gasteiger partial charge in [0.25, 0.3) is 0 Å². The molecule has 22 heavy (non-hydrogen) atoms. The van der Waals surface area contributed by atoms with Crippen LogP contribution in [-0.4, -0.2) is 4.98 Å². The van der Waals surface area contributed by atoms with Crippen LogP contribution < -0.4 is 5.73 Å². The van der Waals surface area contributed by atoms with Crippen molar-refractivity contribution in [2.45, 2.75) is 0 Å². The molecule has 0 spiro atoms. The van der Waals surface area contributed by atoms with E-state index in [2.05, 4.69) is 59.6 Å². The highest BCUT2D eigenvalue weighted by atomic mass is 32.1. The molecule has 3 heteroatoms. The summed E-state index contributed by atoms with van der Waals surface area (Å²) in [6.45, 7) is 0. The Morgan fingerprint density at radius 1 is 0.773 bits per heavy atom. The van der Waals surface area contributed by atoms with Gasteiger partial charge in [-0.3, -0.25) is 0 Å². The SMILES string of the molecule is Nc1nc(-c2ccc3ccc4cccc5ccc2c3c45)cs1. The van der Waals surface area contributed by atoms with E-state index in [0.717, 1.165) is 11.3 Å². The van der Waals surface area contributed by atoms with Crippen molar-refractivity contribution in [2.75, 3.05) is 5.73 Å². The van der Waals surface area contributed by atoms with Crippen LogP contribution in [0.15, 0.2) is 60.0 Å². The van der Waals surface area contributed by atoms with E-state index >= 15 is 0 Å². The fourth-order valence-electron chi connectivity index (χ4n) is 3.37. The molecule has 104 valence electrons. The van der Waals surface area contributed by atoms with Gasteiger partial charge in [0.1, 0.15) is 0 Å². The number of nitrogens with zero attached hydrogens (tertiary/aromatic N) is 1. The summed E-state index contributed by atoms with van der Waals surface area (Å²) in [5, 5.41) is 10.4. The van der Waals surface area contributed by atoms with Gasteiger partial charge in [0.15, 0.2) is 5.13 Å². The lowest BCUT2D eigenvalue weighted by Crippen LogP contribution is -1.88. The molecule has 0 bridgehead atoms. The molecule has 0 amide bonds. The van der Waals surface area contributed by atoms with Crippen LogP contribution in [-0.2, 0) is 0 Å². The molecular formula is C19H12N2S. The van der Waals surface area contributed by atoms with Crippen LogP contribution in [0.3, 0.4) is 0 Å². The van der Waals surface area contributed by atoms with Crippen molar-refractivity contribution in [1.82, 2.24) is 4.98 Å². The number of hydrogen-bond donors (Lipinski definition) is 1. The quantitative estimate of drug-likeness (QED) is 0.427. The molecule has 0 saturated carbocycles. The minimum Gasteiger partial charge on any atom is -0.375 e. The summed E-state index contributed by atoms with van der Waals surface area (Å²) in [6, 6.07) is 19.6. The van der Waals surface area contributed by atoms with Crippen molar-refractivity contribution in [2.24, 2.45) is 0 Å². The van der Waals surface area contributed by atoms with Crippen LogP contribution in [0, 0.1) is 0 Å². The van der Waals surface area contributed by atoms with Gasteiger partial charge in [0, 0.05) is 10.9 Å². The zero-order chi connectivity index (χ0) is 14.7. The smallest absolute Gasteiger partial charge is 0.180 e. The lowest BCUT2D eigenvalue weighted by molar-refractivity contribution is 1.42. The Bertz CT molecular complexity index is 1120. The average Bonchev–Trinajstić information content (AvgIpc) is 2.99. The number of anilines is 1. The molecule has 4 aromatic carbocycles. The van der Waals surface area contributed by atoms with Gasteiger partial charge in [-0.15, -0.1) is 11.3 Å². The molecule has 0 saturated heterocycles. The number of hydrogen-bond acceptors (Lipinski definition) is 3. The van der Waals surface area contributed by atoms with Gasteiger partial charge >= 0.3 is 0 Å². The summed E-state index contributed by atoms with van der Waals surface area (Å²) >= 11 is 1.49. The van der Waals surface area contributed by atoms with Crippen LogP contribution in [0.25, 0.3) is 43.6 Å². The first-order valence-corrected chi connectivity index (χ1v) is 8.07. The summed E-state index contributed by atoms with van der Waals surface area (Å²) in [6.07, 6.45) is 0. The first-order valence-electron chi connectivity index (χ1n) is 7.19. The van der Waals surface area contributed by atoms with Crippen molar-refractivity contribution >= 4 is 48.8 Å². The molecule has 2 N–H and O–H groups in total. The topological polar surface area (TPSA) is 38.9 Å². The van der Waals surface area contributed by atoms with Gasteiger partial charge in [-0.25, -0.2) is 4.98 Å². The van der Waals surface area contributed by atoms with Crippen LogP contribution in [0.4, 0.5) is 5.13 Å². The maximum Gasteiger partial charge on any atom is 0.180 e. The third kappa shape index (κ3) is 1.51. The van der Waals surface area contributed by atoms with Gasteiger partial charge in [0.05, 0.1) is 5.69 Å². The van der Waals surface area contributed by atoms with E-state index in [-0.39, 0.29) is 0 Å². The standard InChI is InChI=1S/C19H12N2S/c20-19-21-16(10-22-19)14-8-6-13-5-4-11-2-1-3-12-7-9-15(14)18(13)17(11)12/h1-10H,(H2,20,21). The molecule has 1 heterocycles. The van der Waals surface area contributed by atoms with Crippen molar-refractivity contribution in [3.8, 4) is 11.3 Å². The Balaban J connectivity index is 2.01. The molecule has 0 atom stereocenters. The Morgan fingerprint density at radius 2 is 1.45 bits per heavy atom. The molecule has 0 unspecified atom stereocenters. The van der Waals surface area contributed by atoms with E-state index in [0.29, 0.717) is 5.13 Å². The highest BCUT2D eigenvalue weighted by molar-refractivity contribution is 7.13. The van der Waals surface area contributed by atoms with Crippen molar-refractivity contribution in [3.05, 3.63) is 60.0 Å². The van der Waals surface area contributed by atoms with E-state index < -0.39 is 0 Å². The van der Waals surface area contributed by atoms with E-state index in [9.17, 15) is 0 Å². The summed E-state index contributed by atoms with van der Waals surface area (Å²) in [7, 11) is 0. The monoisotopic (exact) mass is 300 g/mol. The summed E-state index contributed by atoms with van der Waals surface area (Å²) in [5.41, 5.74) is 7.92. The number of rotatable bonds is 1. The molecule has 2 nitrogen and oxygen atoms in total. The first-order chi connectivity index (χ1) is 10.8. The fraction of sp³-hybridized carbons (Fsp3) is 0.